The van der Waals surface area contributed by atoms with Crippen molar-refractivity contribution in [1.29, 1.82) is 0 Å². The van der Waals surface area contributed by atoms with Gasteiger partial charge in [0.1, 0.15) is 5.82 Å². The summed E-state index contributed by atoms with van der Waals surface area (Å²) in [4.78, 5) is 40.7. The molecule has 4 amide bonds. The van der Waals surface area contributed by atoms with Gasteiger partial charge in [0.15, 0.2) is 0 Å². The minimum absolute atomic E-state index is 0.00637. The molecular weight excluding hydrogens is 399 g/mol. The zero-order valence-electron chi connectivity index (χ0n) is 17.7. The normalized spacial score (nSPS) is 13.8. The monoisotopic (exact) mass is 426 g/mol. The van der Waals surface area contributed by atoms with Gasteiger partial charge in [-0.1, -0.05) is 18.2 Å². The van der Waals surface area contributed by atoms with Crippen molar-refractivity contribution < 1.29 is 18.8 Å². The molecule has 0 bridgehead atoms. The van der Waals surface area contributed by atoms with E-state index in [0.717, 1.165) is 5.56 Å². The first-order chi connectivity index (χ1) is 14.8. The fraction of sp³-hybridized carbons (Fsp3) is 0.348. The van der Waals surface area contributed by atoms with Crippen molar-refractivity contribution in [1.82, 2.24) is 15.1 Å². The molecule has 7 nitrogen and oxygen atoms in total. The second-order valence-corrected chi connectivity index (χ2v) is 7.81. The Kier molecular flexibility index (Phi) is 7.23. The second-order valence-electron chi connectivity index (χ2n) is 7.81. The average Bonchev–Trinajstić information content (AvgIpc) is 2.74. The van der Waals surface area contributed by atoms with E-state index in [0.29, 0.717) is 37.4 Å². The van der Waals surface area contributed by atoms with Crippen molar-refractivity contribution in [2.75, 3.05) is 31.5 Å². The van der Waals surface area contributed by atoms with Crippen molar-refractivity contribution in [2.45, 2.75) is 26.3 Å². The fourth-order valence-electron chi connectivity index (χ4n) is 3.39. The summed E-state index contributed by atoms with van der Waals surface area (Å²) in [6.07, 6.45) is 0.209. The van der Waals surface area contributed by atoms with Crippen LogP contribution in [-0.4, -0.2) is 59.9 Å². The van der Waals surface area contributed by atoms with Crippen LogP contribution in [0.4, 0.5) is 14.9 Å². The molecule has 0 unspecified atom stereocenters. The number of amides is 4. The molecule has 0 spiro atoms. The number of benzene rings is 2. The number of piperazine rings is 1. The van der Waals surface area contributed by atoms with Crippen LogP contribution in [0.2, 0.25) is 0 Å². The van der Waals surface area contributed by atoms with E-state index in [1.807, 2.05) is 13.8 Å². The van der Waals surface area contributed by atoms with E-state index < -0.39 is 0 Å². The molecule has 3 rings (SSSR count). The van der Waals surface area contributed by atoms with Gasteiger partial charge in [0.25, 0.3) is 5.91 Å². The smallest absolute Gasteiger partial charge is 0.319 e. The number of hydrogen-bond donors (Lipinski definition) is 2. The molecule has 8 heteroatoms. The van der Waals surface area contributed by atoms with Crippen LogP contribution in [0.25, 0.3) is 0 Å². The predicted molar refractivity (Wildman–Crippen MR) is 116 cm³/mol. The number of nitrogens with zero attached hydrogens (tertiary/aromatic N) is 2. The molecule has 1 aliphatic rings. The average molecular weight is 426 g/mol. The number of nitrogens with one attached hydrogen (secondary N) is 2. The van der Waals surface area contributed by atoms with Crippen LogP contribution in [0, 0.1) is 5.82 Å². The Balaban J connectivity index is 1.54. The molecule has 1 saturated heterocycles. The van der Waals surface area contributed by atoms with E-state index in [2.05, 4.69) is 10.6 Å². The van der Waals surface area contributed by atoms with Crippen LogP contribution in [0.5, 0.6) is 0 Å². The summed E-state index contributed by atoms with van der Waals surface area (Å²) in [5, 5.41) is 5.46. The quantitative estimate of drug-likeness (QED) is 0.771. The summed E-state index contributed by atoms with van der Waals surface area (Å²) in [5.41, 5.74) is 1.78. The number of halogens is 1. The Labute approximate surface area is 181 Å². The largest absolute Gasteiger partial charge is 0.339 e. The molecule has 0 aromatic heterocycles. The maximum atomic E-state index is 13.0. The highest BCUT2D eigenvalue weighted by Crippen LogP contribution is 2.15. The lowest BCUT2D eigenvalue weighted by molar-refractivity contribution is -0.131. The Morgan fingerprint density at radius 3 is 2.26 bits per heavy atom. The third-order valence-corrected chi connectivity index (χ3v) is 4.98. The lowest BCUT2D eigenvalue weighted by Crippen LogP contribution is -2.51. The van der Waals surface area contributed by atoms with E-state index in [4.69, 9.17) is 0 Å². The van der Waals surface area contributed by atoms with E-state index in [1.54, 1.807) is 46.2 Å². The standard InChI is InChI=1S/C23H27FN4O3/c1-16(2)25-23(31)26-20-5-3-4-18(15-20)22(30)28-12-10-27(11-13-28)21(29)14-17-6-8-19(24)9-7-17/h3-9,15-16H,10-14H2,1-2H3,(H2,25,26,31). The molecule has 0 aliphatic carbocycles. The number of rotatable bonds is 5. The molecule has 0 atom stereocenters. The minimum Gasteiger partial charge on any atom is -0.339 e. The van der Waals surface area contributed by atoms with Crippen LogP contribution < -0.4 is 10.6 Å². The van der Waals surface area contributed by atoms with Gasteiger partial charge in [0, 0.05) is 43.5 Å². The molecule has 1 heterocycles. The second kappa shape index (κ2) is 10.1. The zero-order chi connectivity index (χ0) is 22.4. The van der Waals surface area contributed by atoms with E-state index in [1.165, 1.54) is 12.1 Å². The molecule has 0 saturated carbocycles. The number of urea groups is 1. The molecule has 164 valence electrons. The summed E-state index contributed by atoms with van der Waals surface area (Å²) in [6.45, 7) is 5.48. The van der Waals surface area contributed by atoms with Crippen LogP contribution in [-0.2, 0) is 11.2 Å². The number of anilines is 1. The van der Waals surface area contributed by atoms with E-state index in [-0.39, 0.29) is 36.1 Å². The van der Waals surface area contributed by atoms with Crippen molar-refractivity contribution in [3.05, 3.63) is 65.5 Å². The topological polar surface area (TPSA) is 81.8 Å². The van der Waals surface area contributed by atoms with Crippen LogP contribution in [0.1, 0.15) is 29.8 Å². The molecule has 31 heavy (non-hydrogen) atoms. The van der Waals surface area contributed by atoms with Gasteiger partial charge in [-0.05, 0) is 49.7 Å². The van der Waals surface area contributed by atoms with E-state index >= 15 is 0 Å². The van der Waals surface area contributed by atoms with Gasteiger partial charge in [-0.3, -0.25) is 9.59 Å². The lowest BCUT2D eigenvalue weighted by Gasteiger charge is -2.35. The summed E-state index contributed by atoms with van der Waals surface area (Å²) in [7, 11) is 0. The number of carbonyl (C=O) groups is 3. The van der Waals surface area contributed by atoms with Gasteiger partial charge < -0.3 is 20.4 Å². The van der Waals surface area contributed by atoms with Crippen molar-refractivity contribution in [2.24, 2.45) is 0 Å². The maximum Gasteiger partial charge on any atom is 0.319 e. The zero-order valence-corrected chi connectivity index (χ0v) is 17.7. The highest BCUT2D eigenvalue weighted by Gasteiger charge is 2.25. The Bertz CT molecular complexity index is 938. The third-order valence-electron chi connectivity index (χ3n) is 4.98. The van der Waals surface area contributed by atoms with Crippen LogP contribution in [0.3, 0.4) is 0 Å². The van der Waals surface area contributed by atoms with Gasteiger partial charge in [-0.2, -0.15) is 0 Å². The number of carbonyl (C=O) groups excluding carboxylic acids is 3. The first-order valence-corrected chi connectivity index (χ1v) is 10.3. The first-order valence-electron chi connectivity index (χ1n) is 10.3. The molecule has 2 aromatic rings. The molecule has 2 N–H and O–H groups in total. The fourth-order valence-corrected chi connectivity index (χ4v) is 3.39. The highest BCUT2D eigenvalue weighted by atomic mass is 19.1. The third kappa shape index (κ3) is 6.28. The van der Waals surface area contributed by atoms with Crippen molar-refractivity contribution in [3.8, 4) is 0 Å². The Morgan fingerprint density at radius 2 is 1.61 bits per heavy atom. The maximum absolute atomic E-state index is 13.0. The molecular formula is C23H27FN4O3. The Hall–Kier alpha value is -3.42. The summed E-state index contributed by atoms with van der Waals surface area (Å²) in [5.74, 6) is -0.511. The van der Waals surface area contributed by atoms with Gasteiger partial charge >= 0.3 is 6.03 Å². The molecule has 0 radical (unpaired) electrons. The number of hydrogen-bond acceptors (Lipinski definition) is 3. The SMILES string of the molecule is CC(C)NC(=O)Nc1cccc(C(=O)N2CCN(C(=O)Cc3ccc(F)cc3)CC2)c1. The van der Waals surface area contributed by atoms with Crippen molar-refractivity contribution >= 4 is 23.5 Å². The van der Waals surface area contributed by atoms with E-state index in [9.17, 15) is 18.8 Å². The summed E-state index contributed by atoms with van der Waals surface area (Å²) in [6, 6.07) is 12.4. The highest BCUT2D eigenvalue weighted by molar-refractivity contribution is 5.97. The van der Waals surface area contributed by atoms with Gasteiger partial charge in [0.2, 0.25) is 5.91 Å². The first kappa shape index (κ1) is 22.3. The van der Waals surface area contributed by atoms with Crippen molar-refractivity contribution in [3.63, 3.8) is 0 Å². The minimum atomic E-state index is -0.330. The summed E-state index contributed by atoms with van der Waals surface area (Å²) < 4.78 is 13.0. The Morgan fingerprint density at radius 1 is 0.968 bits per heavy atom. The van der Waals surface area contributed by atoms with Gasteiger partial charge in [0.05, 0.1) is 6.42 Å². The van der Waals surface area contributed by atoms with Crippen LogP contribution in [0.15, 0.2) is 48.5 Å². The van der Waals surface area contributed by atoms with Gasteiger partial charge in [-0.15, -0.1) is 0 Å². The molecule has 1 fully saturated rings. The summed E-state index contributed by atoms with van der Waals surface area (Å²) >= 11 is 0. The van der Waals surface area contributed by atoms with Crippen LogP contribution >= 0.6 is 0 Å². The predicted octanol–water partition coefficient (Wildman–Crippen LogP) is 2.88. The van der Waals surface area contributed by atoms with Gasteiger partial charge in [-0.25, -0.2) is 9.18 Å². The lowest BCUT2D eigenvalue weighted by atomic mass is 10.1. The molecule has 1 aliphatic heterocycles. The molecule has 2 aromatic carbocycles.